The molecule has 0 saturated heterocycles. The van der Waals surface area contributed by atoms with Crippen molar-refractivity contribution >= 4 is 34.2 Å². The van der Waals surface area contributed by atoms with Crippen molar-refractivity contribution in [3.63, 3.8) is 0 Å². The number of nitrogens with one attached hydrogen (secondary N) is 2. The molecule has 0 atom stereocenters. The van der Waals surface area contributed by atoms with Gasteiger partial charge < -0.3 is 10.6 Å². The van der Waals surface area contributed by atoms with Crippen LogP contribution in [-0.4, -0.2) is 21.4 Å². The van der Waals surface area contributed by atoms with E-state index in [9.17, 15) is 0 Å². The molecule has 114 valence electrons. The molecule has 0 aliphatic rings. The summed E-state index contributed by atoms with van der Waals surface area (Å²) in [5.74, 6) is 0.738. The van der Waals surface area contributed by atoms with E-state index >= 15 is 0 Å². The molecule has 5 nitrogen and oxygen atoms in total. The summed E-state index contributed by atoms with van der Waals surface area (Å²) in [7, 11) is 1.90. The molecule has 23 heavy (non-hydrogen) atoms. The molecule has 0 unspecified atom stereocenters. The molecule has 4 aromatic rings. The normalized spacial score (nSPS) is 10.8. The molecule has 0 aliphatic carbocycles. The van der Waals surface area contributed by atoms with E-state index in [1.807, 2.05) is 43.7 Å². The van der Waals surface area contributed by atoms with Crippen molar-refractivity contribution in [1.29, 1.82) is 0 Å². The third kappa shape index (κ3) is 2.53. The summed E-state index contributed by atoms with van der Waals surface area (Å²) in [6.45, 7) is 0. The fourth-order valence-corrected chi connectivity index (χ4v) is 3.17. The Balaban J connectivity index is 1.76. The van der Waals surface area contributed by atoms with Crippen LogP contribution in [0.15, 0.2) is 59.7 Å². The molecule has 0 saturated carbocycles. The largest absolute Gasteiger partial charge is 0.388 e. The first-order valence-corrected chi connectivity index (χ1v) is 8.19. The van der Waals surface area contributed by atoms with Gasteiger partial charge in [-0.05, 0) is 29.6 Å². The first kappa shape index (κ1) is 13.8. The number of fused-ring (bicyclic) bond motifs is 1. The van der Waals surface area contributed by atoms with Gasteiger partial charge in [0, 0.05) is 41.8 Å². The second kappa shape index (κ2) is 5.73. The lowest BCUT2D eigenvalue weighted by molar-refractivity contribution is 1.13. The Kier molecular flexibility index (Phi) is 3.44. The summed E-state index contributed by atoms with van der Waals surface area (Å²) in [4.78, 5) is 8.98. The van der Waals surface area contributed by atoms with Gasteiger partial charge in [-0.2, -0.15) is 11.3 Å². The Morgan fingerprint density at radius 2 is 2.04 bits per heavy atom. The number of hydrogen-bond donors (Lipinski definition) is 2. The lowest BCUT2D eigenvalue weighted by Gasteiger charge is -2.09. The Morgan fingerprint density at radius 1 is 1.13 bits per heavy atom. The number of nitrogens with zero attached hydrogens (tertiary/aromatic N) is 3. The molecule has 6 heteroatoms. The van der Waals surface area contributed by atoms with Gasteiger partial charge in [-0.3, -0.25) is 4.40 Å². The van der Waals surface area contributed by atoms with Crippen LogP contribution < -0.4 is 10.6 Å². The number of rotatable bonds is 4. The minimum Gasteiger partial charge on any atom is -0.388 e. The first-order valence-electron chi connectivity index (χ1n) is 7.24. The lowest BCUT2D eigenvalue weighted by atomic mass is 10.2. The molecule has 1 aromatic carbocycles. The Morgan fingerprint density at radius 3 is 2.87 bits per heavy atom. The third-order valence-electron chi connectivity index (χ3n) is 3.66. The Hall–Kier alpha value is -2.86. The fraction of sp³-hybridized carbons (Fsp3) is 0.0588. The van der Waals surface area contributed by atoms with Crippen LogP contribution in [0.25, 0.3) is 16.9 Å². The summed E-state index contributed by atoms with van der Waals surface area (Å²) in [5, 5.41) is 10.7. The van der Waals surface area contributed by atoms with Crippen molar-refractivity contribution in [3.05, 3.63) is 59.7 Å². The number of benzene rings is 1. The molecular formula is C17H15N5S. The highest BCUT2D eigenvalue weighted by molar-refractivity contribution is 7.08. The zero-order valence-electron chi connectivity index (χ0n) is 12.5. The number of thiophene rings is 1. The van der Waals surface area contributed by atoms with E-state index in [0.29, 0.717) is 0 Å². The zero-order valence-corrected chi connectivity index (χ0v) is 13.3. The number of imidazole rings is 1. The predicted molar refractivity (Wildman–Crippen MR) is 95.6 cm³/mol. The Bertz CT molecular complexity index is 943. The van der Waals surface area contributed by atoms with E-state index in [1.54, 1.807) is 17.5 Å². The number of hydrogen-bond acceptors (Lipinski definition) is 5. The highest BCUT2D eigenvalue weighted by Gasteiger charge is 2.10. The molecular weight excluding hydrogens is 306 g/mol. The highest BCUT2D eigenvalue weighted by Crippen LogP contribution is 2.27. The molecule has 3 heterocycles. The van der Waals surface area contributed by atoms with Crippen LogP contribution in [0.1, 0.15) is 0 Å². The maximum atomic E-state index is 4.54. The SMILES string of the molecule is CNc1cccc(Nc2nccn3c(-c4ccsc4)cnc23)c1. The van der Waals surface area contributed by atoms with Crippen molar-refractivity contribution in [2.45, 2.75) is 0 Å². The maximum absolute atomic E-state index is 4.54. The van der Waals surface area contributed by atoms with E-state index in [-0.39, 0.29) is 0 Å². The van der Waals surface area contributed by atoms with Gasteiger partial charge in [0.1, 0.15) is 0 Å². The Labute approximate surface area is 137 Å². The first-order chi connectivity index (χ1) is 11.3. The van der Waals surface area contributed by atoms with Gasteiger partial charge in [0.05, 0.1) is 11.9 Å². The van der Waals surface area contributed by atoms with E-state index in [4.69, 9.17) is 0 Å². The van der Waals surface area contributed by atoms with Crippen LogP contribution in [0, 0.1) is 0 Å². The van der Waals surface area contributed by atoms with E-state index in [0.717, 1.165) is 34.1 Å². The minimum absolute atomic E-state index is 0.738. The lowest BCUT2D eigenvalue weighted by Crippen LogP contribution is -1.99. The summed E-state index contributed by atoms with van der Waals surface area (Å²) < 4.78 is 2.05. The fourth-order valence-electron chi connectivity index (χ4n) is 2.52. The van der Waals surface area contributed by atoms with Crippen molar-refractivity contribution in [2.75, 3.05) is 17.7 Å². The van der Waals surface area contributed by atoms with Gasteiger partial charge in [0.2, 0.25) is 0 Å². The average molecular weight is 321 g/mol. The number of aromatic nitrogens is 3. The van der Waals surface area contributed by atoms with Gasteiger partial charge >= 0.3 is 0 Å². The molecule has 2 N–H and O–H groups in total. The smallest absolute Gasteiger partial charge is 0.180 e. The van der Waals surface area contributed by atoms with Gasteiger partial charge in [-0.15, -0.1) is 0 Å². The summed E-state index contributed by atoms with van der Waals surface area (Å²) in [5.41, 5.74) is 5.05. The molecule has 0 amide bonds. The predicted octanol–water partition coefficient (Wildman–Crippen LogP) is 4.24. The van der Waals surface area contributed by atoms with E-state index in [2.05, 4.69) is 41.8 Å². The molecule has 4 rings (SSSR count). The van der Waals surface area contributed by atoms with Crippen LogP contribution in [0.3, 0.4) is 0 Å². The van der Waals surface area contributed by atoms with Gasteiger partial charge in [-0.25, -0.2) is 9.97 Å². The summed E-state index contributed by atoms with van der Waals surface area (Å²) in [6.07, 6.45) is 5.60. The standard InChI is InChI=1S/C17H15N5S/c1-18-13-3-2-4-14(9-13)21-16-17-20-10-15(12-5-8-23-11-12)22(17)7-6-19-16/h2-11,18H,1H3,(H,19,21). The minimum atomic E-state index is 0.738. The van der Waals surface area contributed by atoms with Crippen molar-refractivity contribution in [1.82, 2.24) is 14.4 Å². The second-order valence-corrected chi connectivity index (χ2v) is 5.86. The van der Waals surface area contributed by atoms with Crippen LogP contribution in [-0.2, 0) is 0 Å². The second-order valence-electron chi connectivity index (χ2n) is 5.08. The monoisotopic (exact) mass is 321 g/mol. The van der Waals surface area contributed by atoms with Crippen molar-refractivity contribution < 1.29 is 0 Å². The van der Waals surface area contributed by atoms with Gasteiger partial charge in [0.15, 0.2) is 11.5 Å². The molecule has 0 radical (unpaired) electrons. The summed E-state index contributed by atoms with van der Waals surface area (Å²) in [6, 6.07) is 10.2. The molecule has 0 fully saturated rings. The van der Waals surface area contributed by atoms with Crippen LogP contribution in [0.2, 0.25) is 0 Å². The van der Waals surface area contributed by atoms with E-state index < -0.39 is 0 Å². The van der Waals surface area contributed by atoms with Crippen LogP contribution in [0.4, 0.5) is 17.2 Å². The quantitative estimate of drug-likeness (QED) is 0.590. The molecule has 0 aliphatic heterocycles. The molecule has 0 bridgehead atoms. The van der Waals surface area contributed by atoms with Crippen LogP contribution >= 0.6 is 11.3 Å². The third-order valence-corrected chi connectivity index (χ3v) is 4.34. The van der Waals surface area contributed by atoms with Gasteiger partial charge in [0.25, 0.3) is 0 Å². The van der Waals surface area contributed by atoms with Crippen LogP contribution in [0.5, 0.6) is 0 Å². The topological polar surface area (TPSA) is 54.2 Å². The maximum Gasteiger partial charge on any atom is 0.180 e. The molecule has 3 aromatic heterocycles. The highest BCUT2D eigenvalue weighted by atomic mass is 32.1. The summed E-state index contributed by atoms with van der Waals surface area (Å²) >= 11 is 1.68. The van der Waals surface area contributed by atoms with Crippen molar-refractivity contribution in [3.8, 4) is 11.3 Å². The molecule has 0 spiro atoms. The van der Waals surface area contributed by atoms with E-state index in [1.165, 1.54) is 0 Å². The van der Waals surface area contributed by atoms with Gasteiger partial charge in [-0.1, -0.05) is 6.07 Å². The number of anilines is 3. The average Bonchev–Trinajstić information content (AvgIpc) is 3.24. The van der Waals surface area contributed by atoms with Crippen molar-refractivity contribution in [2.24, 2.45) is 0 Å². The zero-order chi connectivity index (χ0) is 15.6.